The SMILES string of the molecule is CCOC(C1CC1)C(NN)C(C)CCOC. The summed E-state index contributed by atoms with van der Waals surface area (Å²) >= 11 is 0. The van der Waals surface area contributed by atoms with Gasteiger partial charge in [0.05, 0.1) is 12.1 Å². The third-order valence-corrected chi connectivity index (χ3v) is 3.38. The second-order valence-electron chi connectivity index (χ2n) is 4.71. The van der Waals surface area contributed by atoms with E-state index in [1.165, 1.54) is 12.8 Å². The Morgan fingerprint density at radius 3 is 2.56 bits per heavy atom. The third kappa shape index (κ3) is 4.01. The monoisotopic (exact) mass is 230 g/mol. The molecule has 0 bridgehead atoms. The zero-order valence-electron chi connectivity index (χ0n) is 10.7. The molecule has 3 N–H and O–H groups in total. The molecule has 96 valence electrons. The molecule has 4 heteroatoms. The van der Waals surface area contributed by atoms with Crippen molar-refractivity contribution in [1.82, 2.24) is 5.43 Å². The summed E-state index contributed by atoms with van der Waals surface area (Å²) in [5.74, 6) is 6.85. The lowest BCUT2D eigenvalue weighted by molar-refractivity contribution is 0.00103. The summed E-state index contributed by atoms with van der Waals surface area (Å²) in [6.45, 7) is 5.79. The molecular formula is C12H26N2O2. The van der Waals surface area contributed by atoms with Crippen molar-refractivity contribution in [3.8, 4) is 0 Å². The fraction of sp³-hybridized carbons (Fsp3) is 1.00. The first kappa shape index (κ1) is 13.9. The van der Waals surface area contributed by atoms with E-state index in [2.05, 4.69) is 12.3 Å². The van der Waals surface area contributed by atoms with Gasteiger partial charge >= 0.3 is 0 Å². The quantitative estimate of drug-likeness (QED) is 0.463. The van der Waals surface area contributed by atoms with Crippen molar-refractivity contribution < 1.29 is 9.47 Å². The highest BCUT2D eigenvalue weighted by Crippen LogP contribution is 2.37. The summed E-state index contributed by atoms with van der Waals surface area (Å²) in [7, 11) is 1.73. The molecule has 0 aliphatic heterocycles. The molecule has 1 fully saturated rings. The fourth-order valence-corrected chi connectivity index (χ4v) is 2.22. The molecule has 3 unspecified atom stereocenters. The first-order valence-electron chi connectivity index (χ1n) is 6.31. The van der Waals surface area contributed by atoms with Crippen LogP contribution in [0.2, 0.25) is 0 Å². The second kappa shape index (κ2) is 7.22. The van der Waals surface area contributed by atoms with Crippen LogP contribution in [0, 0.1) is 11.8 Å². The molecule has 0 amide bonds. The fourth-order valence-electron chi connectivity index (χ4n) is 2.22. The number of hydrogen-bond donors (Lipinski definition) is 2. The summed E-state index contributed by atoms with van der Waals surface area (Å²) < 4.78 is 11.0. The van der Waals surface area contributed by atoms with Gasteiger partial charge in [0.25, 0.3) is 0 Å². The van der Waals surface area contributed by atoms with Crippen LogP contribution >= 0.6 is 0 Å². The molecule has 3 atom stereocenters. The number of hydrogen-bond acceptors (Lipinski definition) is 4. The van der Waals surface area contributed by atoms with Gasteiger partial charge in [-0.15, -0.1) is 0 Å². The Morgan fingerprint density at radius 1 is 1.44 bits per heavy atom. The van der Waals surface area contributed by atoms with Gasteiger partial charge in [0.1, 0.15) is 0 Å². The normalized spacial score (nSPS) is 21.8. The molecule has 0 aromatic rings. The van der Waals surface area contributed by atoms with E-state index in [0.717, 1.165) is 19.6 Å². The number of methoxy groups -OCH3 is 1. The highest BCUT2D eigenvalue weighted by molar-refractivity contribution is 4.91. The molecular weight excluding hydrogens is 204 g/mol. The minimum absolute atomic E-state index is 0.239. The van der Waals surface area contributed by atoms with Crippen LogP contribution in [0.15, 0.2) is 0 Å². The first-order chi connectivity index (χ1) is 7.74. The molecule has 1 aliphatic rings. The Labute approximate surface area is 98.8 Å². The molecule has 16 heavy (non-hydrogen) atoms. The van der Waals surface area contributed by atoms with Crippen LogP contribution in [-0.2, 0) is 9.47 Å². The van der Waals surface area contributed by atoms with Gasteiger partial charge in [-0.25, -0.2) is 0 Å². The highest BCUT2D eigenvalue weighted by Gasteiger charge is 2.38. The maximum atomic E-state index is 5.84. The van der Waals surface area contributed by atoms with E-state index in [0.29, 0.717) is 11.8 Å². The van der Waals surface area contributed by atoms with Crippen molar-refractivity contribution in [2.24, 2.45) is 17.7 Å². The van der Waals surface area contributed by atoms with Crippen molar-refractivity contribution in [2.75, 3.05) is 20.3 Å². The maximum absolute atomic E-state index is 5.84. The Morgan fingerprint density at radius 2 is 2.12 bits per heavy atom. The largest absolute Gasteiger partial charge is 0.385 e. The molecule has 1 aliphatic carbocycles. The molecule has 0 aromatic heterocycles. The van der Waals surface area contributed by atoms with Crippen LogP contribution in [0.4, 0.5) is 0 Å². The van der Waals surface area contributed by atoms with Gasteiger partial charge in [-0.3, -0.25) is 11.3 Å². The lowest BCUT2D eigenvalue weighted by Gasteiger charge is -2.31. The van der Waals surface area contributed by atoms with Gasteiger partial charge in [-0.05, 0) is 38.0 Å². The number of hydrazine groups is 1. The van der Waals surface area contributed by atoms with Gasteiger partial charge in [-0.1, -0.05) is 6.92 Å². The summed E-state index contributed by atoms with van der Waals surface area (Å²) in [6, 6.07) is 0.239. The molecule has 0 heterocycles. The minimum Gasteiger partial charge on any atom is -0.385 e. The smallest absolute Gasteiger partial charge is 0.0772 e. The Kier molecular flexibility index (Phi) is 6.28. The van der Waals surface area contributed by atoms with Crippen LogP contribution < -0.4 is 11.3 Å². The molecule has 1 rings (SSSR count). The van der Waals surface area contributed by atoms with Crippen LogP contribution in [0.3, 0.4) is 0 Å². The van der Waals surface area contributed by atoms with Crippen LogP contribution in [0.25, 0.3) is 0 Å². The van der Waals surface area contributed by atoms with Gasteiger partial charge in [0.2, 0.25) is 0 Å². The first-order valence-corrected chi connectivity index (χ1v) is 6.31. The van der Waals surface area contributed by atoms with E-state index in [9.17, 15) is 0 Å². The van der Waals surface area contributed by atoms with E-state index in [-0.39, 0.29) is 12.1 Å². The van der Waals surface area contributed by atoms with Crippen molar-refractivity contribution in [1.29, 1.82) is 0 Å². The van der Waals surface area contributed by atoms with Crippen molar-refractivity contribution >= 4 is 0 Å². The number of nitrogens with two attached hydrogens (primary N) is 1. The van der Waals surface area contributed by atoms with Gasteiger partial charge in [-0.2, -0.15) is 0 Å². The number of rotatable bonds is 9. The van der Waals surface area contributed by atoms with Gasteiger partial charge in [0.15, 0.2) is 0 Å². The number of nitrogens with one attached hydrogen (secondary N) is 1. The third-order valence-electron chi connectivity index (χ3n) is 3.38. The predicted molar refractivity (Wildman–Crippen MR) is 64.9 cm³/mol. The summed E-state index contributed by atoms with van der Waals surface area (Å²) in [6.07, 6.45) is 3.84. The Hall–Kier alpha value is -0.160. The zero-order valence-corrected chi connectivity index (χ0v) is 10.7. The summed E-state index contributed by atoms with van der Waals surface area (Å²) in [4.78, 5) is 0. The summed E-state index contributed by atoms with van der Waals surface area (Å²) in [5, 5.41) is 0. The lowest BCUT2D eigenvalue weighted by Crippen LogP contribution is -2.50. The highest BCUT2D eigenvalue weighted by atomic mass is 16.5. The zero-order chi connectivity index (χ0) is 12.0. The van der Waals surface area contributed by atoms with Crippen molar-refractivity contribution in [3.63, 3.8) is 0 Å². The average Bonchev–Trinajstić information content (AvgIpc) is 3.10. The molecule has 0 spiro atoms. The summed E-state index contributed by atoms with van der Waals surface area (Å²) in [5.41, 5.74) is 2.94. The average molecular weight is 230 g/mol. The molecule has 4 nitrogen and oxygen atoms in total. The minimum atomic E-state index is 0.239. The van der Waals surface area contributed by atoms with Gasteiger partial charge in [0, 0.05) is 20.3 Å². The lowest BCUT2D eigenvalue weighted by atomic mass is 9.92. The topological polar surface area (TPSA) is 56.5 Å². The van der Waals surface area contributed by atoms with Gasteiger partial charge < -0.3 is 9.47 Å². The van der Waals surface area contributed by atoms with E-state index in [4.69, 9.17) is 15.3 Å². The van der Waals surface area contributed by atoms with Crippen LogP contribution in [0.5, 0.6) is 0 Å². The van der Waals surface area contributed by atoms with E-state index < -0.39 is 0 Å². The molecule has 1 saturated carbocycles. The van der Waals surface area contributed by atoms with E-state index in [1.54, 1.807) is 7.11 Å². The van der Waals surface area contributed by atoms with Crippen LogP contribution in [-0.4, -0.2) is 32.5 Å². The molecule has 0 aromatic carbocycles. The van der Waals surface area contributed by atoms with Crippen molar-refractivity contribution in [2.45, 2.75) is 45.3 Å². The maximum Gasteiger partial charge on any atom is 0.0772 e. The van der Waals surface area contributed by atoms with Crippen LogP contribution in [0.1, 0.15) is 33.1 Å². The second-order valence-corrected chi connectivity index (χ2v) is 4.71. The molecule has 0 saturated heterocycles. The Bertz CT molecular complexity index is 186. The predicted octanol–water partition coefficient (Wildman–Crippen LogP) is 1.31. The number of ether oxygens (including phenoxy) is 2. The molecule has 0 radical (unpaired) electrons. The van der Waals surface area contributed by atoms with Crippen molar-refractivity contribution in [3.05, 3.63) is 0 Å². The standard InChI is InChI=1S/C12H26N2O2/c1-4-16-12(10-5-6-10)11(14-13)9(2)7-8-15-3/h9-12,14H,4-8,13H2,1-3H3. The van der Waals surface area contributed by atoms with E-state index in [1.807, 2.05) is 6.92 Å². The Balaban J connectivity index is 2.47. The van der Waals surface area contributed by atoms with E-state index >= 15 is 0 Å².